The molecular formula is C11H12N4O2. The number of nitrogens with zero attached hydrogens (tertiary/aromatic N) is 2. The Balaban J connectivity index is 2.24. The van der Waals surface area contributed by atoms with Crippen LogP contribution in [0.5, 0.6) is 0 Å². The molecule has 0 bridgehead atoms. The summed E-state index contributed by atoms with van der Waals surface area (Å²) in [6, 6.07) is 6.54. The number of hydrogen-bond donors (Lipinski definition) is 2. The van der Waals surface area contributed by atoms with Gasteiger partial charge in [-0.1, -0.05) is 18.2 Å². The number of H-pyrrole nitrogens is 1. The molecule has 0 radical (unpaired) electrons. The second kappa shape index (κ2) is 4.65. The van der Waals surface area contributed by atoms with Gasteiger partial charge in [0.2, 0.25) is 0 Å². The van der Waals surface area contributed by atoms with E-state index in [1.807, 2.05) is 6.92 Å². The highest BCUT2D eigenvalue weighted by molar-refractivity contribution is 5.47. The zero-order chi connectivity index (χ0) is 12.3. The maximum atomic E-state index is 10.9. The summed E-state index contributed by atoms with van der Waals surface area (Å²) in [6.07, 6.45) is 3.33. The van der Waals surface area contributed by atoms with Crippen molar-refractivity contribution < 1.29 is 4.92 Å². The third-order valence-electron chi connectivity index (χ3n) is 2.48. The minimum absolute atomic E-state index is 0.121. The van der Waals surface area contributed by atoms with E-state index in [-0.39, 0.29) is 16.7 Å². The second-order valence-electron chi connectivity index (χ2n) is 3.67. The van der Waals surface area contributed by atoms with Gasteiger partial charge in [-0.2, -0.15) is 5.10 Å². The topological polar surface area (TPSA) is 83.8 Å². The van der Waals surface area contributed by atoms with Crippen LogP contribution >= 0.6 is 0 Å². The number of benzene rings is 1. The van der Waals surface area contributed by atoms with Crippen LogP contribution in [0.2, 0.25) is 0 Å². The lowest BCUT2D eigenvalue weighted by molar-refractivity contribution is -0.385. The molecular weight excluding hydrogens is 220 g/mol. The number of anilines is 1. The Kier molecular flexibility index (Phi) is 3.04. The number of nitrogens with one attached hydrogen (secondary N) is 2. The van der Waals surface area contributed by atoms with Crippen LogP contribution in [0, 0.1) is 10.1 Å². The molecule has 1 atom stereocenters. The molecule has 1 unspecified atom stereocenters. The van der Waals surface area contributed by atoms with E-state index in [9.17, 15) is 10.1 Å². The quantitative estimate of drug-likeness (QED) is 0.626. The van der Waals surface area contributed by atoms with Crippen molar-refractivity contribution in [2.45, 2.75) is 13.0 Å². The van der Waals surface area contributed by atoms with E-state index in [2.05, 4.69) is 15.5 Å². The van der Waals surface area contributed by atoms with Gasteiger partial charge in [0.1, 0.15) is 0 Å². The number of rotatable bonds is 4. The summed E-state index contributed by atoms with van der Waals surface area (Å²) in [7, 11) is 0. The fraction of sp³-hybridized carbons (Fsp3) is 0.182. The lowest BCUT2D eigenvalue weighted by Crippen LogP contribution is -2.08. The Labute approximate surface area is 97.8 Å². The Morgan fingerprint density at radius 3 is 2.88 bits per heavy atom. The summed E-state index contributed by atoms with van der Waals surface area (Å²) in [5.41, 5.74) is 1.57. The first-order valence-corrected chi connectivity index (χ1v) is 5.17. The monoisotopic (exact) mass is 232 g/mol. The maximum absolute atomic E-state index is 10.9. The lowest BCUT2D eigenvalue weighted by Gasteiger charge is -2.13. The fourth-order valence-corrected chi connectivity index (χ4v) is 1.68. The summed E-state index contributed by atoms with van der Waals surface area (Å²) in [5, 5.41) is 20.5. The van der Waals surface area contributed by atoms with Gasteiger partial charge in [-0.15, -0.1) is 0 Å². The van der Waals surface area contributed by atoms with E-state index in [1.165, 1.54) is 6.07 Å². The molecule has 0 amide bonds. The van der Waals surface area contributed by atoms with Gasteiger partial charge in [0.05, 0.1) is 28.4 Å². The third kappa shape index (κ3) is 2.41. The summed E-state index contributed by atoms with van der Waals surface area (Å²) < 4.78 is 0. The zero-order valence-electron chi connectivity index (χ0n) is 9.25. The highest BCUT2D eigenvalue weighted by Gasteiger charge is 2.17. The molecule has 0 aliphatic rings. The van der Waals surface area contributed by atoms with Gasteiger partial charge < -0.3 is 5.32 Å². The molecule has 1 heterocycles. The van der Waals surface area contributed by atoms with Crippen molar-refractivity contribution in [1.82, 2.24) is 10.2 Å². The lowest BCUT2D eigenvalue weighted by atomic mass is 10.1. The minimum Gasteiger partial charge on any atom is -0.376 e. The molecule has 88 valence electrons. The van der Waals surface area contributed by atoms with E-state index < -0.39 is 0 Å². The van der Waals surface area contributed by atoms with Crippen LogP contribution in [-0.4, -0.2) is 15.1 Å². The van der Waals surface area contributed by atoms with Crippen molar-refractivity contribution in [1.29, 1.82) is 0 Å². The molecule has 17 heavy (non-hydrogen) atoms. The highest BCUT2D eigenvalue weighted by atomic mass is 16.6. The van der Waals surface area contributed by atoms with Gasteiger partial charge in [0.25, 0.3) is 5.69 Å². The summed E-state index contributed by atoms with van der Waals surface area (Å²) in [4.78, 5) is 10.5. The van der Waals surface area contributed by atoms with Gasteiger partial charge in [0, 0.05) is 12.3 Å². The average molecular weight is 232 g/mol. The first-order chi connectivity index (χ1) is 8.18. The number of aromatic amines is 1. The van der Waals surface area contributed by atoms with E-state index in [4.69, 9.17) is 0 Å². The van der Waals surface area contributed by atoms with E-state index in [0.717, 1.165) is 5.69 Å². The molecule has 2 aromatic rings. The molecule has 2 N–H and O–H groups in total. The van der Waals surface area contributed by atoms with Crippen molar-refractivity contribution in [3.8, 4) is 0 Å². The van der Waals surface area contributed by atoms with Gasteiger partial charge in [-0.3, -0.25) is 15.2 Å². The van der Waals surface area contributed by atoms with Crippen LogP contribution in [0.3, 0.4) is 0 Å². The molecule has 2 rings (SSSR count). The third-order valence-corrected chi connectivity index (χ3v) is 2.48. The van der Waals surface area contributed by atoms with Gasteiger partial charge >= 0.3 is 0 Å². The predicted octanol–water partition coefficient (Wildman–Crippen LogP) is 2.49. The van der Waals surface area contributed by atoms with Crippen LogP contribution in [0.4, 0.5) is 11.4 Å². The first-order valence-electron chi connectivity index (χ1n) is 5.17. The van der Waals surface area contributed by atoms with Crippen molar-refractivity contribution >= 4 is 11.4 Å². The van der Waals surface area contributed by atoms with Crippen LogP contribution in [0.15, 0.2) is 36.7 Å². The van der Waals surface area contributed by atoms with Crippen LogP contribution < -0.4 is 5.32 Å². The Morgan fingerprint density at radius 2 is 2.24 bits per heavy atom. The molecule has 6 nitrogen and oxygen atoms in total. The maximum Gasteiger partial charge on any atom is 0.274 e. The van der Waals surface area contributed by atoms with Crippen LogP contribution in [0.25, 0.3) is 0 Å². The van der Waals surface area contributed by atoms with Gasteiger partial charge in [0.15, 0.2) is 0 Å². The summed E-state index contributed by atoms with van der Waals surface area (Å²) in [5.74, 6) is 0. The number of para-hydroxylation sites is 1. The Bertz CT molecular complexity index is 510. The zero-order valence-corrected chi connectivity index (χ0v) is 9.25. The molecule has 0 aliphatic carbocycles. The predicted molar refractivity (Wildman–Crippen MR) is 63.7 cm³/mol. The molecule has 0 saturated heterocycles. The highest BCUT2D eigenvalue weighted by Crippen LogP contribution is 2.26. The summed E-state index contributed by atoms with van der Waals surface area (Å²) >= 11 is 0. The number of nitro groups is 1. The van der Waals surface area contributed by atoms with E-state index >= 15 is 0 Å². The largest absolute Gasteiger partial charge is 0.376 e. The molecule has 1 aromatic heterocycles. The molecule has 0 spiro atoms. The molecule has 0 aliphatic heterocycles. The van der Waals surface area contributed by atoms with Crippen molar-refractivity contribution in [3.63, 3.8) is 0 Å². The SMILES string of the molecule is CC(Nc1cn[nH]c1)c1ccccc1[N+](=O)[O-]. The molecule has 6 heteroatoms. The van der Waals surface area contributed by atoms with Crippen molar-refractivity contribution in [2.75, 3.05) is 5.32 Å². The molecule has 0 fully saturated rings. The smallest absolute Gasteiger partial charge is 0.274 e. The Morgan fingerprint density at radius 1 is 1.47 bits per heavy atom. The Hall–Kier alpha value is -2.37. The van der Waals surface area contributed by atoms with Crippen LogP contribution in [0.1, 0.15) is 18.5 Å². The number of nitro benzene ring substituents is 1. The number of aromatic nitrogens is 2. The van der Waals surface area contributed by atoms with Crippen molar-refractivity contribution in [3.05, 3.63) is 52.3 Å². The summed E-state index contributed by atoms with van der Waals surface area (Å²) in [6.45, 7) is 1.87. The minimum atomic E-state index is -0.372. The molecule has 1 aromatic carbocycles. The van der Waals surface area contributed by atoms with Gasteiger partial charge in [-0.05, 0) is 6.92 Å². The normalized spacial score (nSPS) is 12.1. The van der Waals surface area contributed by atoms with E-state index in [0.29, 0.717) is 5.56 Å². The van der Waals surface area contributed by atoms with Crippen LogP contribution in [-0.2, 0) is 0 Å². The number of hydrogen-bond acceptors (Lipinski definition) is 4. The van der Waals surface area contributed by atoms with Crippen molar-refractivity contribution in [2.24, 2.45) is 0 Å². The second-order valence-corrected chi connectivity index (χ2v) is 3.67. The fourth-order valence-electron chi connectivity index (χ4n) is 1.68. The standard InChI is InChI=1S/C11H12N4O2/c1-8(14-9-6-12-13-7-9)10-4-2-3-5-11(10)15(16)17/h2-8,14H,1H3,(H,12,13). The first kappa shape index (κ1) is 11.1. The van der Waals surface area contributed by atoms with E-state index in [1.54, 1.807) is 30.6 Å². The van der Waals surface area contributed by atoms with Gasteiger partial charge in [-0.25, -0.2) is 0 Å². The molecule has 0 saturated carbocycles. The average Bonchev–Trinajstić information content (AvgIpc) is 2.81.